The van der Waals surface area contributed by atoms with E-state index in [1.807, 2.05) is 80.6 Å². The third kappa shape index (κ3) is 6.93. The fraction of sp³-hybridized carbons (Fsp3) is 0.143. The highest BCUT2D eigenvalue weighted by Gasteiger charge is 2.11. The Labute approximate surface area is 214 Å². The number of hydrogen-bond donors (Lipinski definition) is 2. The lowest BCUT2D eigenvalue weighted by molar-refractivity contribution is -0.123. The monoisotopic (exact) mass is 498 g/mol. The highest BCUT2D eigenvalue weighted by atomic mass is 32.2. The van der Waals surface area contributed by atoms with Gasteiger partial charge in [0.05, 0.1) is 0 Å². The van der Waals surface area contributed by atoms with Crippen molar-refractivity contribution in [1.29, 1.82) is 0 Å². The summed E-state index contributed by atoms with van der Waals surface area (Å²) in [7, 11) is 0. The summed E-state index contributed by atoms with van der Waals surface area (Å²) in [5.41, 5.74) is 10.0. The number of amides is 2. The number of hydrazine groups is 1. The minimum Gasteiger partial charge on any atom is -0.483 e. The Bertz CT molecular complexity index is 1320. The SMILES string of the molecule is Cc1cc(C)nc(SCc2ccc(C(=O)NNC(=O)COc3ccccc3-c3ccccc3)cc2)n1. The van der Waals surface area contributed by atoms with Crippen LogP contribution in [0, 0.1) is 13.8 Å². The van der Waals surface area contributed by atoms with E-state index in [-0.39, 0.29) is 6.61 Å². The smallest absolute Gasteiger partial charge is 0.276 e. The number of aromatic nitrogens is 2. The third-order valence-corrected chi connectivity index (χ3v) is 6.11. The quantitative estimate of drug-likeness (QED) is 0.204. The first kappa shape index (κ1) is 24.9. The Hall–Kier alpha value is -4.17. The van der Waals surface area contributed by atoms with Crippen LogP contribution in [0.2, 0.25) is 0 Å². The van der Waals surface area contributed by atoms with Crippen molar-refractivity contribution in [2.45, 2.75) is 24.8 Å². The molecule has 0 radical (unpaired) electrons. The fourth-order valence-corrected chi connectivity index (χ4v) is 4.39. The summed E-state index contributed by atoms with van der Waals surface area (Å²) in [4.78, 5) is 33.5. The molecule has 8 heteroatoms. The van der Waals surface area contributed by atoms with E-state index >= 15 is 0 Å². The van der Waals surface area contributed by atoms with Crippen LogP contribution in [-0.4, -0.2) is 28.4 Å². The molecule has 0 atom stereocenters. The average Bonchev–Trinajstić information content (AvgIpc) is 2.90. The van der Waals surface area contributed by atoms with Crippen molar-refractivity contribution in [3.63, 3.8) is 0 Å². The molecule has 1 aromatic heterocycles. The van der Waals surface area contributed by atoms with Crippen LogP contribution in [0.15, 0.2) is 90.1 Å². The van der Waals surface area contributed by atoms with Gasteiger partial charge in [-0.05, 0) is 49.2 Å². The zero-order valence-corrected chi connectivity index (χ0v) is 20.8. The van der Waals surface area contributed by atoms with E-state index < -0.39 is 11.8 Å². The predicted octanol–water partition coefficient (Wildman–Crippen LogP) is 4.89. The molecule has 0 aliphatic rings. The van der Waals surface area contributed by atoms with E-state index in [1.54, 1.807) is 18.2 Å². The van der Waals surface area contributed by atoms with Gasteiger partial charge in [0.15, 0.2) is 11.8 Å². The van der Waals surface area contributed by atoms with Crippen LogP contribution in [0.3, 0.4) is 0 Å². The summed E-state index contributed by atoms with van der Waals surface area (Å²) in [6.07, 6.45) is 0. The van der Waals surface area contributed by atoms with Crippen LogP contribution < -0.4 is 15.6 Å². The van der Waals surface area contributed by atoms with Gasteiger partial charge >= 0.3 is 0 Å². The van der Waals surface area contributed by atoms with E-state index in [0.717, 1.165) is 33.2 Å². The second kappa shape index (κ2) is 12.0. The Morgan fingerprint density at radius 2 is 1.50 bits per heavy atom. The number of para-hydroxylation sites is 1. The van der Waals surface area contributed by atoms with Gasteiger partial charge in [-0.2, -0.15) is 0 Å². The first-order valence-electron chi connectivity index (χ1n) is 11.4. The zero-order chi connectivity index (χ0) is 25.3. The molecule has 0 spiro atoms. The van der Waals surface area contributed by atoms with Gasteiger partial charge in [0.1, 0.15) is 5.75 Å². The van der Waals surface area contributed by atoms with Crippen LogP contribution in [0.4, 0.5) is 0 Å². The fourth-order valence-electron chi connectivity index (χ4n) is 3.49. The molecular weight excluding hydrogens is 472 g/mol. The van der Waals surface area contributed by atoms with Crippen molar-refractivity contribution < 1.29 is 14.3 Å². The number of carbonyl (C=O) groups excluding carboxylic acids is 2. The topological polar surface area (TPSA) is 93.2 Å². The number of ether oxygens (including phenoxy) is 1. The average molecular weight is 499 g/mol. The van der Waals surface area contributed by atoms with Gasteiger partial charge < -0.3 is 4.74 Å². The molecule has 36 heavy (non-hydrogen) atoms. The van der Waals surface area contributed by atoms with Gasteiger partial charge in [0.2, 0.25) is 0 Å². The molecule has 0 saturated carbocycles. The number of nitrogens with one attached hydrogen (secondary N) is 2. The van der Waals surface area contributed by atoms with Crippen LogP contribution in [-0.2, 0) is 10.5 Å². The third-order valence-electron chi connectivity index (χ3n) is 5.19. The Morgan fingerprint density at radius 3 is 2.22 bits per heavy atom. The molecule has 0 fully saturated rings. The van der Waals surface area contributed by atoms with Crippen molar-refractivity contribution in [1.82, 2.24) is 20.8 Å². The highest BCUT2D eigenvalue weighted by Crippen LogP contribution is 2.29. The maximum atomic E-state index is 12.4. The molecule has 0 unspecified atom stereocenters. The van der Waals surface area contributed by atoms with Gasteiger partial charge in [-0.3, -0.25) is 20.4 Å². The molecular formula is C28H26N4O3S. The van der Waals surface area contributed by atoms with Crippen molar-refractivity contribution in [2.75, 3.05) is 6.61 Å². The molecule has 1 heterocycles. The molecule has 0 bridgehead atoms. The lowest BCUT2D eigenvalue weighted by Crippen LogP contribution is -2.43. The van der Waals surface area contributed by atoms with E-state index in [4.69, 9.17) is 4.74 Å². The maximum absolute atomic E-state index is 12.4. The van der Waals surface area contributed by atoms with Crippen LogP contribution in [0.1, 0.15) is 27.3 Å². The summed E-state index contributed by atoms with van der Waals surface area (Å²) in [6, 6.07) is 26.4. The minimum absolute atomic E-state index is 0.235. The number of rotatable bonds is 8. The van der Waals surface area contributed by atoms with Crippen LogP contribution >= 0.6 is 11.8 Å². The van der Waals surface area contributed by atoms with Gasteiger partial charge in [0, 0.05) is 28.3 Å². The van der Waals surface area contributed by atoms with Crippen molar-refractivity contribution in [3.8, 4) is 16.9 Å². The molecule has 4 aromatic rings. The molecule has 7 nitrogen and oxygen atoms in total. The molecule has 3 aromatic carbocycles. The molecule has 0 aliphatic heterocycles. The standard InChI is InChI=1S/C28H26N4O3S/c1-19-16-20(2)30-28(29-19)36-18-21-12-14-23(15-13-21)27(34)32-31-26(33)17-35-25-11-7-6-10-24(25)22-8-4-3-5-9-22/h3-16H,17-18H2,1-2H3,(H,31,33)(H,32,34). The van der Waals surface area contributed by atoms with Crippen molar-refractivity contribution >= 4 is 23.6 Å². The number of thioether (sulfide) groups is 1. The maximum Gasteiger partial charge on any atom is 0.276 e. The molecule has 0 aliphatic carbocycles. The number of carbonyl (C=O) groups is 2. The lowest BCUT2D eigenvalue weighted by Gasteiger charge is -2.12. The Kier molecular flexibility index (Phi) is 8.31. The molecule has 0 saturated heterocycles. The Balaban J connectivity index is 1.25. The summed E-state index contributed by atoms with van der Waals surface area (Å²) in [6.45, 7) is 3.65. The number of nitrogens with zero attached hydrogens (tertiary/aromatic N) is 2. The number of hydrogen-bond acceptors (Lipinski definition) is 6. The van der Waals surface area contributed by atoms with Gasteiger partial charge in [-0.25, -0.2) is 9.97 Å². The van der Waals surface area contributed by atoms with E-state index in [2.05, 4.69) is 20.8 Å². The van der Waals surface area contributed by atoms with Crippen molar-refractivity contribution in [3.05, 3.63) is 107 Å². The molecule has 182 valence electrons. The van der Waals surface area contributed by atoms with E-state index in [1.165, 1.54) is 11.8 Å². The largest absolute Gasteiger partial charge is 0.483 e. The van der Waals surface area contributed by atoms with Gasteiger partial charge in [0.25, 0.3) is 11.8 Å². The van der Waals surface area contributed by atoms with Crippen molar-refractivity contribution in [2.24, 2.45) is 0 Å². The van der Waals surface area contributed by atoms with Crippen LogP contribution in [0.5, 0.6) is 5.75 Å². The summed E-state index contributed by atoms with van der Waals surface area (Å²) in [5, 5.41) is 0.727. The van der Waals surface area contributed by atoms with E-state index in [0.29, 0.717) is 17.1 Å². The molecule has 2 amide bonds. The summed E-state index contributed by atoms with van der Waals surface area (Å²) < 4.78 is 5.71. The first-order valence-corrected chi connectivity index (χ1v) is 12.4. The summed E-state index contributed by atoms with van der Waals surface area (Å²) in [5.74, 6) is 0.394. The highest BCUT2D eigenvalue weighted by molar-refractivity contribution is 7.98. The number of aryl methyl sites for hydroxylation is 2. The predicted molar refractivity (Wildman–Crippen MR) is 140 cm³/mol. The Morgan fingerprint density at radius 1 is 0.833 bits per heavy atom. The second-order valence-corrected chi connectivity index (χ2v) is 9.01. The summed E-state index contributed by atoms with van der Waals surface area (Å²) >= 11 is 1.54. The van der Waals surface area contributed by atoms with Gasteiger partial charge in [-0.15, -0.1) is 0 Å². The molecule has 4 rings (SSSR count). The minimum atomic E-state index is -0.465. The zero-order valence-electron chi connectivity index (χ0n) is 20.0. The van der Waals surface area contributed by atoms with Crippen LogP contribution in [0.25, 0.3) is 11.1 Å². The second-order valence-electron chi connectivity index (χ2n) is 8.07. The van der Waals surface area contributed by atoms with Gasteiger partial charge in [-0.1, -0.05) is 72.4 Å². The molecule has 2 N–H and O–H groups in total. The van der Waals surface area contributed by atoms with E-state index in [9.17, 15) is 9.59 Å². The number of benzene rings is 3. The normalized spacial score (nSPS) is 10.5. The lowest BCUT2D eigenvalue weighted by atomic mass is 10.1. The first-order chi connectivity index (χ1) is 17.5.